The third-order valence-corrected chi connectivity index (χ3v) is 3.87. The monoisotopic (exact) mass is 367 g/mol. The molecule has 0 aromatic heterocycles. The van der Waals surface area contributed by atoms with Crippen molar-refractivity contribution in [2.24, 2.45) is 0 Å². The van der Waals surface area contributed by atoms with E-state index in [9.17, 15) is 9.59 Å². The van der Waals surface area contributed by atoms with E-state index in [2.05, 4.69) is 5.32 Å². The van der Waals surface area contributed by atoms with Crippen LogP contribution in [0.1, 0.15) is 29.8 Å². The molecule has 0 aliphatic carbocycles. The summed E-state index contributed by atoms with van der Waals surface area (Å²) in [7, 11) is 0. The summed E-state index contributed by atoms with van der Waals surface area (Å²) in [6, 6.07) is 13.8. The third kappa shape index (κ3) is 5.50. The summed E-state index contributed by atoms with van der Waals surface area (Å²) in [6.45, 7) is 3.48. The molecule has 2 rings (SSSR count). The van der Waals surface area contributed by atoms with E-state index >= 15 is 0 Å². The Morgan fingerprint density at radius 1 is 1.08 bits per heavy atom. The maximum Gasteiger partial charge on any atom is 0.347 e. The van der Waals surface area contributed by atoms with Crippen LogP contribution >= 0.6 is 11.6 Å². The number of aliphatic carboxylic acids is 1. The minimum Gasteiger partial charge on any atom is -0.478 e. The smallest absolute Gasteiger partial charge is 0.347 e. The van der Waals surface area contributed by atoms with Crippen LogP contribution in [0, 0.1) is 0 Å². The average Bonchev–Trinajstić information content (AvgIpc) is 2.56. The summed E-state index contributed by atoms with van der Waals surface area (Å²) < 4.78 is 5.45. The molecule has 1 amide bonds. The molecule has 25 heavy (non-hydrogen) atoms. The number of benzene rings is 2. The molecule has 2 aromatic carbocycles. The molecule has 0 aliphatic rings. The molecule has 2 aromatic rings. The molecule has 0 saturated heterocycles. The van der Waals surface area contributed by atoms with Crippen molar-refractivity contribution in [3.05, 3.63) is 64.7 Å². The zero-order chi connectivity index (χ0) is 18.4. The summed E-state index contributed by atoms with van der Waals surface area (Å²) >= 11 is 5.80. The Kier molecular flexibility index (Phi) is 6.04. The van der Waals surface area contributed by atoms with Gasteiger partial charge in [0, 0.05) is 17.1 Å². The first-order chi connectivity index (χ1) is 11.8. The van der Waals surface area contributed by atoms with Crippen molar-refractivity contribution >= 4 is 23.5 Å². The summed E-state index contributed by atoms with van der Waals surface area (Å²) in [5.74, 6) is -0.692. The van der Waals surface area contributed by atoms with Crippen LogP contribution in [0.4, 0.5) is 0 Å². The van der Waals surface area contributed by atoms with Crippen LogP contribution in [-0.4, -0.2) is 29.1 Å². The minimum atomic E-state index is -1.28. The van der Waals surface area contributed by atoms with Crippen molar-refractivity contribution < 1.29 is 19.4 Å². The molecule has 6 heteroatoms. The zero-order valence-electron chi connectivity index (χ0n) is 14.1. The summed E-state index contributed by atoms with van der Waals surface area (Å²) in [5, 5.41) is 12.5. The zero-order valence-corrected chi connectivity index (χ0v) is 14.8. The molecule has 0 atom stereocenters. The first-order valence-corrected chi connectivity index (χ1v) is 8.21. The maximum absolute atomic E-state index is 12.0. The second kappa shape index (κ2) is 8.03. The number of amides is 1. The van der Waals surface area contributed by atoms with E-state index in [1.54, 1.807) is 36.4 Å². The van der Waals surface area contributed by atoms with E-state index in [1.165, 1.54) is 13.8 Å². The first-order valence-electron chi connectivity index (χ1n) is 7.83. The van der Waals surface area contributed by atoms with E-state index in [0.29, 0.717) is 29.3 Å². The van der Waals surface area contributed by atoms with Crippen molar-refractivity contribution in [2.45, 2.75) is 25.9 Å². The van der Waals surface area contributed by atoms with Gasteiger partial charge in [0.05, 0.1) is 0 Å². The number of carboxylic acid groups (broad SMARTS) is 1. The Bertz CT molecular complexity index is 739. The van der Waals surface area contributed by atoms with E-state index in [0.717, 1.165) is 5.56 Å². The number of hydrogen-bond acceptors (Lipinski definition) is 3. The predicted octanol–water partition coefficient (Wildman–Crippen LogP) is 3.55. The molecule has 0 bridgehead atoms. The summed E-state index contributed by atoms with van der Waals surface area (Å²) in [5.41, 5.74) is 0.287. The van der Waals surface area contributed by atoms with Crippen molar-refractivity contribution in [3.63, 3.8) is 0 Å². The number of nitrogens with one attached hydrogen (secondary N) is 1. The Morgan fingerprint density at radius 2 is 1.68 bits per heavy atom. The van der Waals surface area contributed by atoms with Gasteiger partial charge in [-0.1, -0.05) is 23.7 Å². The molecular formula is C19H20ClNO4. The number of hydrogen-bond donors (Lipinski definition) is 2. The van der Waals surface area contributed by atoms with Crippen molar-refractivity contribution in [1.82, 2.24) is 5.32 Å². The molecule has 0 spiro atoms. The Balaban J connectivity index is 1.84. The van der Waals surface area contributed by atoms with Gasteiger partial charge in [-0.05, 0) is 62.2 Å². The number of rotatable bonds is 7. The van der Waals surface area contributed by atoms with Crippen LogP contribution in [0.5, 0.6) is 5.75 Å². The van der Waals surface area contributed by atoms with Gasteiger partial charge in [-0.2, -0.15) is 0 Å². The van der Waals surface area contributed by atoms with Crippen LogP contribution in [0.15, 0.2) is 48.5 Å². The highest BCUT2D eigenvalue weighted by atomic mass is 35.5. The molecule has 2 N–H and O–H groups in total. The molecule has 0 heterocycles. The van der Waals surface area contributed by atoms with Gasteiger partial charge in [-0.25, -0.2) is 4.79 Å². The fraction of sp³-hybridized carbons (Fsp3) is 0.263. The largest absolute Gasteiger partial charge is 0.478 e. The molecule has 0 aliphatic heterocycles. The molecule has 0 fully saturated rings. The van der Waals surface area contributed by atoms with Crippen LogP contribution in [-0.2, 0) is 11.2 Å². The van der Waals surface area contributed by atoms with Gasteiger partial charge in [0.25, 0.3) is 5.91 Å². The number of ether oxygens (including phenoxy) is 1. The number of carboxylic acids is 1. The van der Waals surface area contributed by atoms with Gasteiger partial charge in [0.15, 0.2) is 5.60 Å². The Hall–Kier alpha value is -2.53. The standard InChI is InChI=1S/C19H20ClNO4/c1-19(2,18(23)24)25-16-9-3-13(4-10-16)11-12-21-17(22)14-5-7-15(20)8-6-14/h3-10H,11-12H2,1-2H3,(H,21,22)(H,23,24)/i5+1,6+1,7+1,8+1,14+1,15+1. The molecular weight excluding hydrogens is 348 g/mol. The van der Waals surface area contributed by atoms with E-state index in [1.807, 2.05) is 12.1 Å². The second-order valence-electron chi connectivity index (χ2n) is 6.07. The van der Waals surface area contributed by atoms with Crippen molar-refractivity contribution in [3.8, 4) is 5.75 Å². The predicted molar refractivity (Wildman–Crippen MR) is 96.3 cm³/mol. The van der Waals surface area contributed by atoms with Gasteiger partial charge in [0.2, 0.25) is 0 Å². The van der Waals surface area contributed by atoms with Crippen LogP contribution < -0.4 is 10.1 Å². The lowest BCUT2D eigenvalue weighted by Crippen LogP contribution is -2.37. The Labute approximate surface area is 151 Å². The lowest BCUT2D eigenvalue weighted by atomic mass is 10.1. The minimum absolute atomic E-state index is 0.153. The fourth-order valence-electron chi connectivity index (χ4n) is 2.09. The van der Waals surface area contributed by atoms with Crippen molar-refractivity contribution in [1.29, 1.82) is 0 Å². The van der Waals surface area contributed by atoms with Gasteiger partial charge in [-0.3, -0.25) is 4.79 Å². The summed E-state index contributed by atoms with van der Waals surface area (Å²) in [6.07, 6.45) is 0.655. The number of halogens is 1. The average molecular weight is 368 g/mol. The highest BCUT2D eigenvalue weighted by Gasteiger charge is 2.29. The molecule has 0 radical (unpaired) electrons. The SMILES string of the molecule is CC(C)(Oc1ccc(CCNC(=O)[13c]2[13cH][13cH][13c](Cl)[13cH][13cH]2)cc1)C(=O)O. The number of carbonyl (C=O) groups is 2. The van der Waals surface area contributed by atoms with Gasteiger partial charge in [0.1, 0.15) is 5.75 Å². The Morgan fingerprint density at radius 3 is 2.24 bits per heavy atom. The highest BCUT2D eigenvalue weighted by molar-refractivity contribution is 6.30. The van der Waals surface area contributed by atoms with Crippen LogP contribution in [0.3, 0.4) is 0 Å². The highest BCUT2D eigenvalue weighted by Crippen LogP contribution is 2.19. The third-order valence-electron chi connectivity index (χ3n) is 3.62. The van der Waals surface area contributed by atoms with E-state index in [4.69, 9.17) is 21.4 Å². The maximum atomic E-state index is 12.0. The van der Waals surface area contributed by atoms with Gasteiger partial charge in [-0.15, -0.1) is 0 Å². The normalized spacial score (nSPS) is 11.0. The fourth-order valence-corrected chi connectivity index (χ4v) is 2.21. The second-order valence-corrected chi connectivity index (χ2v) is 6.51. The van der Waals surface area contributed by atoms with E-state index in [-0.39, 0.29) is 5.91 Å². The molecule has 132 valence electrons. The van der Waals surface area contributed by atoms with Crippen LogP contribution in [0.2, 0.25) is 5.02 Å². The van der Waals surface area contributed by atoms with Crippen LogP contribution in [0.25, 0.3) is 0 Å². The molecule has 0 unspecified atom stereocenters. The van der Waals surface area contributed by atoms with Gasteiger partial charge < -0.3 is 15.2 Å². The van der Waals surface area contributed by atoms with Gasteiger partial charge >= 0.3 is 5.97 Å². The quantitative estimate of drug-likeness (QED) is 0.784. The van der Waals surface area contributed by atoms with E-state index < -0.39 is 11.6 Å². The molecule has 0 saturated carbocycles. The van der Waals surface area contributed by atoms with Crippen molar-refractivity contribution in [2.75, 3.05) is 6.54 Å². The number of carbonyl (C=O) groups excluding carboxylic acids is 1. The molecule has 5 nitrogen and oxygen atoms in total. The summed E-state index contributed by atoms with van der Waals surface area (Å²) in [4.78, 5) is 23.1. The lowest BCUT2D eigenvalue weighted by Gasteiger charge is -2.21. The topological polar surface area (TPSA) is 75.6 Å². The first kappa shape index (κ1) is 18.8. The lowest BCUT2D eigenvalue weighted by molar-refractivity contribution is -0.152.